The fraction of sp³-hybridized carbons (Fsp3) is 0.214. The smallest absolute Gasteiger partial charge is 0.0623 e. The Morgan fingerprint density at radius 2 is 2.40 bits per heavy atom. The Morgan fingerprint density at radius 1 is 1.53 bits per heavy atom. The lowest BCUT2D eigenvalue weighted by Gasteiger charge is -2.01. The van der Waals surface area contributed by atoms with Gasteiger partial charge in [-0.05, 0) is 36.3 Å². The molecule has 0 aromatic rings. The second-order valence-electron chi connectivity index (χ2n) is 3.50. The summed E-state index contributed by atoms with van der Waals surface area (Å²) in [5.74, 6) is 0. The summed E-state index contributed by atoms with van der Waals surface area (Å²) in [6.07, 6.45) is 9.64. The molecule has 1 heterocycles. The van der Waals surface area contributed by atoms with Gasteiger partial charge in [0.2, 0.25) is 0 Å². The Morgan fingerprint density at radius 3 is 2.93 bits per heavy atom. The minimum Gasteiger partial charge on any atom is -0.253 e. The molecule has 0 bridgehead atoms. The van der Waals surface area contributed by atoms with Crippen molar-refractivity contribution in [3.05, 3.63) is 59.2 Å². The molecule has 2 aliphatic rings. The molecule has 1 aliphatic carbocycles. The summed E-state index contributed by atoms with van der Waals surface area (Å²) < 4.78 is 0. The van der Waals surface area contributed by atoms with Gasteiger partial charge in [-0.25, -0.2) is 0 Å². The van der Waals surface area contributed by atoms with Gasteiger partial charge in [-0.2, -0.15) is 0 Å². The average molecular weight is 195 g/mol. The fourth-order valence-corrected chi connectivity index (χ4v) is 1.75. The molecule has 0 amide bonds. The van der Waals surface area contributed by atoms with Gasteiger partial charge in [0.15, 0.2) is 0 Å². The second kappa shape index (κ2) is 4.14. The van der Waals surface area contributed by atoms with Gasteiger partial charge in [0.05, 0.1) is 11.4 Å². The van der Waals surface area contributed by atoms with Crippen LogP contribution in [0.2, 0.25) is 0 Å². The highest BCUT2D eigenvalue weighted by Crippen LogP contribution is 2.26. The van der Waals surface area contributed by atoms with Gasteiger partial charge < -0.3 is 0 Å². The lowest BCUT2D eigenvalue weighted by molar-refractivity contribution is 1.05. The highest BCUT2D eigenvalue weighted by atomic mass is 14.8. The molecule has 0 N–H and O–H groups in total. The van der Waals surface area contributed by atoms with E-state index in [0.717, 1.165) is 29.8 Å². The van der Waals surface area contributed by atoms with Crippen molar-refractivity contribution in [1.29, 1.82) is 0 Å². The summed E-state index contributed by atoms with van der Waals surface area (Å²) >= 11 is 0. The molecular weight excluding hydrogens is 182 g/mol. The molecule has 15 heavy (non-hydrogen) atoms. The number of nitrogens with zero attached hydrogens (tertiary/aromatic N) is 1. The van der Waals surface area contributed by atoms with Gasteiger partial charge >= 0.3 is 0 Å². The van der Waals surface area contributed by atoms with Gasteiger partial charge in [-0.3, -0.25) is 4.99 Å². The van der Waals surface area contributed by atoms with Gasteiger partial charge in [-0.1, -0.05) is 25.0 Å². The van der Waals surface area contributed by atoms with E-state index < -0.39 is 0 Å². The van der Waals surface area contributed by atoms with Crippen molar-refractivity contribution in [2.24, 2.45) is 4.99 Å². The van der Waals surface area contributed by atoms with Crippen LogP contribution in [0.15, 0.2) is 64.2 Å². The topological polar surface area (TPSA) is 12.4 Å². The van der Waals surface area contributed by atoms with Crippen LogP contribution in [0.4, 0.5) is 0 Å². The zero-order valence-electron chi connectivity index (χ0n) is 8.88. The first-order valence-corrected chi connectivity index (χ1v) is 5.15. The molecule has 74 valence electrons. The Hall–Kier alpha value is -1.81. The summed E-state index contributed by atoms with van der Waals surface area (Å²) in [4.78, 5) is 4.57. The third kappa shape index (κ3) is 1.85. The molecule has 0 aromatic heterocycles. The Kier molecular flexibility index (Phi) is 2.69. The molecule has 0 atom stereocenters. The monoisotopic (exact) mass is 195 g/mol. The fourth-order valence-electron chi connectivity index (χ4n) is 1.75. The summed E-state index contributed by atoms with van der Waals surface area (Å²) in [5, 5.41) is 0. The number of rotatable bonds is 3. The maximum atomic E-state index is 4.57. The predicted octanol–water partition coefficient (Wildman–Crippen LogP) is 3.49. The number of hydrogen-bond acceptors (Lipinski definition) is 1. The van der Waals surface area contributed by atoms with Crippen molar-refractivity contribution in [3.63, 3.8) is 0 Å². The van der Waals surface area contributed by atoms with E-state index in [1.807, 2.05) is 24.3 Å². The molecule has 0 unspecified atom stereocenters. The minimum atomic E-state index is 0.940. The van der Waals surface area contributed by atoms with Gasteiger partial charge in [0, 0.05) is 12.0 Å². The SMILES string of the molecule is C=CC1=C(CC)CC(C2=CC=C=C=C2)=N1. The van der Waals surface area contributed by atoms with E-state index in [9.17, 15) is 0 Å². The highest BCUT2D eigenvalue weighted by Gasteiger charge is 2.16. The molecule has 0 fully saturated rings. The van der Waals surface area contributed by atoms with E-state index in [4.69, 9.17) is 0 Å². The van der Waals surface area contributed by atoms with Gasteiger partial charge in [-0.15, -0.1) is 0 Å². The summed E-state index contributed by atoms with van der Waals surface area (Å²) in [6, 6.07) is 0. The first-order valence-electron chi connectivity index (χ1n) is 5.15. The third-order valence-electron chi connectivity index (χ3n) is 2.61. The van der Waals surface area contributed by atoms with E-state index in [1.54, 1.807) is 0 Å². The highest BCUT2D eigenvalue weighted by molar-refractivity contribution is 6.06. The first kappa shape index (κ1) is 9.73. The lowest BCUT2D eigenvalue weighted by atomic mass is 10.0. The molecule has 1 heteroatoms. The van der Waals surface area contributed by atoms with Crippen molar-refractivity contribution in [2.75, 3.05) is 0 Å². The number of hydrogen-bond donors (Lipinski definition) is 0. The summed E-state index contributed by atoms with van der Waals surface area (Å²) in [5.41, 5.74) is 10.5. The maximum absolute atomic E-state index is 4.57. The molecular formula is C14H13N. The molecule has 0 saturated heterocycles. The molecule has 2 rings (SSSR count). The zero-order valence-corrected chi connectivity index (χ0v) is 8.88. The molecule has 0 aromatic carbocycles. The molecule has 1 nitrogen and oxygen atoms in total. The van der Waals surface area contributed by atoms with E-state index in [2.05, 4.69) is 30.0 Å². The zero-order chi connectivity index (χ0) is 10.7. The van der Waals surface area contributed by atoms with Crippen molar-refractivity contribution in [2.45, 2.75) is 19.8 Å². The molecule has 0 radical (unpaired) electrons. The van der Waals surface area contributed by atoms with Crippen LogP contribution in [0.25, 0.3) is 0 Å². The summed E-state index contributed by atoms with van der Waals surface area (Å²) in [7, 11) is 0. The normalized spacial score (nSPS) is 18.2. The van der Waals surface area contributed by atoms with Crippen LogP contribution in [0, 0.1) is 0 Å². The Bertz CT molecular complexity index is 485. The lowest BCUT2D eigenvalue weighted by Crippen LogP contribution is -1.98. The first-order chi connectivity index (χ1) is 7.35. The van der Waals surface area contributed by atoms with Crippen LogP contribution < -0.4 is 0 Å². The Balaban J connectivity index is 2.25. The average Bonchev–Trinajstić information content (AvgIpc) is 2.73. The number of allylic oxidation sites excluding steroid dienone is 6. The molecule has 0 saturated carbocycles. The van der Waals surface area contributed by atoms with Crippen molar-refractivity contribution < 1.29 is 0 Å². The second-order valence-corrected chi connectivity index (χ2v) is 3.50. The van der Waals surface area contributed by atoms with E-state index in [0.29, 0.717) is 0 Å². The van der Waals surface area contributed by atoms with E-state index >= 15 is 0 Å². The van der Waals surface area contributed by atoms with E-state index in [-0.39, 0.29) is 0 Å². The van der Waals surface area contributed by atoms with Crippen LogP contribution in [-0.2, 0) is 0 Å². The van der Waals surface area contributed by atoms with Crippen LogP contribution >= 0.6 is 0 Å². The quantitative estimate of drug-likeness (QED) is 0.611. The van der Waals surface area contributed by atoms with Crippen molar-refractivity contribution >= 4 is 5.71 Å². The predicted molar refractivity (Wildman–Crippen MR) is 63.8 cm³/mol. The number of aliphatic imine (C=N–C) groups is 1. The molecule has 0 spiro atoms. The maximum Gasteiger partial charge on any atom is 0.0623 e. The Labute approximate surface area is 90.2 Å². The van der Waals surface area contributed by atoms with Crippen molar-refractivity contribution in [3.8, 4) is 0 Å². The van der Waals surface area contributed by atoms with Gasteiger partial charge in [0.25, 0.3) is 0 Å². The van der Waals surface area contributed by atoms with Crippen LogP contribution in [0.3, 0.4) is 0 Å². The van der Waals surface area contributed by atoms with Crippen LogP contribution in [0.5, 0.6) is 0 Å². The largest absolute Gasteiger partial charge is 0.253 e. The third-order valence-corrected chi connectivity index (χ3v) is 2.61. The van der Waals surface area contributed by atoms with Crippen LogP contribution in [-0.4, -0.2) is 5.71 Å². The van der Waals surface area contributed by atoms with Gasteiger partial charge in [0.1, 0.15) is 0 Å². The molecule has 1 aliphatic heterocycles. The van der Waals surface area contributed by atoms with E-state index in [1.165, 1.54) is 5.57 Å². The summed E-state index contributed by atoms with van der Waals surface area (Å²) in [6.45, 7) is 5.95. The van der Waals surface area contributed by atoms with Crippen molar-refractivity contribution in [1.82, 2.24) is 0 Å². The minimum absolute atomic E-state index is 0.940. The standard InChI is InChI=1S/C14H13N/c1-3-11-10-14(15-13(11)4-2)12-8-6-5-7-9-12/h4,6,8-9H,2-3,10H2,1H3. The van der Waals surface area contributed by atoms with Crippen LogP contribution in [0.1, 0.15) is 19.8 Å².